The summed E-state index contributed by atoms with van der Waals surface area (Å²) in [5, 5.41) is 11.2. The third kappa shape index (κ3) is 7.67. The summed E-state index contributed by atoms with van der Waals surface area (Å²) >= 11 is 0. The number of allylic oxidation sites excluding steroid dienone is 1. The third-order valence-corrected chi connectivity index (χ3v) is 7.73. The van der Waals surface area contributed by atoms with E-state index in [-0.39, 0.29) is 5.78 Å². The first-order chi connectivity index (χ1) is 17.9. The molecule has 3 aromatic heterocycles. The topological polar surface area (TPSA) is 101 Å². The second-order valence-electron chi connectivity index (χ2n) is 11.1. The lowest BCUT2D eigenvalue weighted by atomic mass is 10.0. The molecule has 1 N–H and O–H groups in total. The highest BCUT2D eigenvalue weighted by Crippen LogP contribution is 2.28. The molecule has 204 valence electrons. The average Bonchev–Trinajstić information content (AvgIpc) is 3.22. The maximum Gasteiger partial charge on any atom is 0.255 e. The summed E-state index contributed by atoms with van der Waals surface area (Å²) in [6, 6.07) is 4.67. The highest BCUT2D eigenvalue weighted by atomic mass is 28.3. The van der Waals surface area contributed by atoms with Crippen molar-refractivity contribution in [1.29, 1.82) is 0 Å². The van der Waals surface area contributed by atoms with Crippen molar-refractivity contribution in [2.45, 2.75) is 38.5 Å². The molecule has 0 fully saturated rings. The summed E-state index contributed by atoms with van der Waals surface area (Å²) in [5.41, 5.74) is 2.98. The minimum Gasteiger partial charge on any atom is -0.378 e. The van der Waals surface area contributed by atoms with E-state index < -0.39 is 20.1 Å². The molecule has 1 atom stereocenters. The molecule has 1 amide bonds. The zero-order valence-electron chi connectivity index (χ0n) is 23.4. The molecular weight excluding hydrogens is 498 g/mol. The maximum atomic E-state index is 13.2. The van der Waals surface area contributed by atoms with Gasteiger partial charge in [-0.15, -0.1) is 0 Å². The van der Waals surface area contributed by atoms with Crippen LogP contribution in [0.15, 0.2) is 49.1 Å². The van der Waals surface area contributed by atoms with Crippen LogP contribution in [0.1, 0.15) is 22.0 Å². The SMILES string of the molecule is CN(C)CC=CC(=O)c1cn(COCC[Si](C)(C)C)c2ncc(-c3cncc(C(O)C(=O)N(C)C)c3)cc12. The highest BCUT2D eigenvalue weighted by Gasteiger charge is 2.21. The van der Waals surface area contributed by atoms with E-state index in [1.807, 2.05) is 35.7 Å². The van der Waals surface area contributed by atoms with Crippen molar-refractivity contribution in [2.24, 2.45) is 0 Å². The zero-order valence-corrected chi connectivity index (χ0v) is 24.4. The Hall–Kier alpha value is -3.18. The first-order valence-corrected chi connectivity index (χ1v) is 16.3. The number of carbonyl (C=O) groups is 2. The number of nitrogens with zero attached hydrogens (tertiary/aromatic N) is 5. The average molecular weight is 538 g/mol. The van der Waals surface area contributed by atoms with Gasteiger partial charge in [0.05, 0.1) is 0 Å². The number of amides is 1. The van der Waals surface area contributed by atoms with E-state index in [2.05, 4.69) is 29.6 Å². The number of aliphatic hydroxyl groups is 1. The van der Waals surface area contributed by atoms with Crippen LogP contribution in [-0.4, -0.2) is 90.5 Å². The summed E-state index contributed by atoms with van der Waals surface area (Å²) in [4.78, 5) is 37.7. The van der Waals surface area contributed by atoms with Crippen LogP contribution in [0.4, 0.5) is 0 Å². The van der Waals surface area contributed by atoms with Crippen LogP contribution >= 0.6 is 0 Å². The summed E-state index contributed by atoms with van der Waals surface area (Å²) in [7, 11) is 5.84. The first kappa shape index (κ1) is 29.4. The molecule has 0 aliphatic carbocycles. The summed E-state index contributed by atoms with van der Waals surface area (Å²) in [5.74, 6) is -0.545. The number of aliphatic hydroxyl groups excluding tert-OH is 1. The van der Waals surface area contributed by atoms with Crippen LogP contribution in [0.2, 0.25) is 25.7 Å². The number of carbonyl (C=O) groups excluding carboxylic acids is 2. The third-order valence-electron chi connectivity index (χ3n) is 6.03. The lowest BCUT2D eigenvalue weighted by Gasteiger charge is -2.16. The van der Waals surface area contributed by atoms with Crippen LogP contribution < -0.4 is 0 Å². The van der Waals surface area contributed by atoms with Crippen molar-refractivity contribution in [3.63, 3.8) is 0 Å². The molecule has 3 aromatic rings. The monoisotopic (exact) mass is 537 g/mol. The lowest BCUT2D eigenvalue weighted by Crippen LogP contribution is -2.28. The quantitative estimate of drug-likeness (QED) is 0.162. The maximum absolute atomic E-state index is 13.2. The van der Waals surface area contributed by atoms with E-state index in [0.29, 0.717) is 47.6 Å². The van der Waals surface area contributed by atoms with Crippen molar-refractivity contribution in [2.75, 3.05) is 41.3 Å². The molecule has 0 aliphatic rings. The predicted molar refractivity (Wildman–Crippen MR) is 153 cm³/mol. The van der Waals surface area contributed by atoms with Crippen molar-refractivity contribution in [1.82, 2.24) is 24.3 Å². The smallest absolute Gasteiger partial charge is 0.255 e. The standard InChI is InChI=1S/C28H39N5O4Si/c1-31(2)10-8-9-25(34)24-18-33(19-37-11-12-38(5,6)7)27-23(24)14-21(17-30-27)20-13-22(16-29-15-20)26(35)28(36)32(3)4/h8-9,13-18,26,35H,10-12,19H2,1-7H3. The van der Waals surface area contributed by atoms with Gasteiger partial charge in [0, 0.05) is 87.7 Å². The van der Waals surface area contributed by atoms with Gasteiger partial charge in [-0.3, -0.25) is 14.6 Å². The first-order valence-electron chi connectivity index (χ1n) is 12.6. The van der Waals surface area contributed by atoms with Crippen LogP contribution in [0, 0.1) is 0 Å². The fourth-order valence-corrected chi connectivity index (χ4v) is 4.53. The van der Waals surface area contributed by atoms with Gasteiger partial charge in [0.25, 0.3) is 5.91 Å². The van der Waals surface area contributed by atoms with Crippen molar-refractivity contribution < 1.29 is 19.4 Å². The van der Waals surface area contributed by atoms with E-state index in [9.17, 15) is 14.7 Å². The zero-order chi connectivity index (χ0) is 28.0. The molecule has 0 bridgehead atoms. The highest BCUT2D eigenvalue weighted by molar-refractivity contribution is 6.76. The van der Waals surface area contributed by atoms with E-state index in [1.165, 1.54) is 11.1 Å². The molecular formula is C28H39N5O4Si. The van der Waals surface area contributed by atoms with Crippen molar-refractivity contribution in [3.05, 3.63) is 60.2 Å². The van der Waals surface area contributed by atoms with Crippen LogP contribution in [-0.2, 0) is 16.3 Å². The van der Waals surface area contributed by atoms with E-state index in [0.717, 1.165) is 11.6 Å². The van der Waals surface area contributed by atoms with E-state index >= 15 is 0 Å². The summed E-state index contributed by atoms with van der Waals surface area (Å²) in [6.45, 7) is 8.53. The van der Waals surface area contributed by atoms with Crippen LogP contribution in [0.3, 0.4) is 0 Å². The minimum atomic E-state index is -1.32. The lowest BCUT2D eigenvalue weighted by molar-refractivity contribution is -0.137. The molecule has 1 unspecified atom stereocenters. The van der Waals surface area contributed by atoms with E-state index in [4.69, 9.17) is 4.74 Å². The normalized spacial score (nSPS) is 13.0. The Morgan fingerprint density at radius 3 is 2.47 bits per heavy atom. The minimum absolute atomic E-state index is 0.115. The molecule has 38 heavy (non-hydrogen) atoms. The Labute approximate surface area is 225 Å². The van der Waals surface area contributed by atoms with Crippen LogP contribution in [0.5, 0.6) is 0 Å². The number of aromatic nitrogens is 3. The molecule has 3 heterocycles. The Morgan fingerprint density at radius 1 is 1.11 bits per heavy atom. The number of likely N-dealkylation sites (N-methyl/N-ethyl adjacent to an activating group) is 2. The van der Waals surface area contributed by atoms with Gasteiger partial charge in [0.15, 0.2) is 11.9 Å². The fraction of sp³-hybridized carbons (Fsp3) is 0.429. The van der Waals surface area contributed by atoms with Gasteiger partial charge in [-0.2, -0.15) is 0 Å². The molecule has 0 spiro atoms. The van der Waals surface area contributed by atoms with Gasteiger partial charge in [-0.05, 0) is 38.3 Å². The number of pyridine rings is 2. The number of rotatable bonds is 12. The molecule has 0 aromatic carbocycles. The van der Waals surface area contributed by atoms with Crippen molar-refractivity contribution in [3.8, 4) is 11.1 Å². The fourth-order valence-electron chi connectivity index (χ4n) is 3.78. The number of ketones is 1. The summed E-state index contributed by atoms with van der Waals surface area (Å²) < 4.78 is 7.82. The Balaban J connectivity index is 1.98. The predicted octanol–water partition coefficient (Wildman–Crippen LogP) is 3.83. The van der Waals surface area contributed by atoms with Gasteiger partial charge in [-0.25, -0.2) is 4.98 Å². The van der Waals surface area contributed by atoms with Gasteiger partial charge in [-0.1, -0.05) is 25.7 Å². The molecule has 0 saturated carbocycles. The molecule has 10 heteroatoms. The molecule has 9 nitrogen and oxygen atoms in total. The Kier molecular flexibility index (Phi) is 9.72. The second-order valence-corrected chi connectivity index (χ2v) is 16.7. The molecule has 0 radical (unpaired) electrons. The van der Waals surface area contributed by atoms with E-state index in [1.54, 1.807) is 44.8 Å². The second kappa shape index (κ2) is 12.6. The van der Waals surface area contributed by atoms with Gasteiger partial charge in [0.1, 0.15) is 12.4 Å². The number of hydrogen-bond donors (Lipinski definition) is 1. The van der Waals surface area contributed by atoms with Gasteiger partial charge >= 0.3 is 0 Å². The van der Waals surface area contributed by atoms with Crippen LogP contribution in [0.25, 0.3) is 22.2 Å². The summed E-state index contributed by atoms with van der Waals surface area (Å²) in [6.07, 6.45) is 8.73. The Morgan fingerprint density at radius 2 is 1.82 bits per heavy atom. The number of ether oxygens (including phenoxy) is 1. The number of hydrogen-bond acceptors (Lipinski definition) is 7. The van der Waals surface area contributed by atoms with Crippen molar-refractivity contribution >= 4 is 30.8 Å². The molecule has 0 aliphatic heterocycles. The molecule has 3 rings (SSSR count). The Bertz CT molecular complexity index is 1310. The molecule has 0 saturated heterocycles. The number of fused-ring (bicyclic) bond motifs is 1. The van der Waals surface area contributed by atoms with Gasteiger partial charge < -0.3 is 24.2 Å². The largest absolute Gasteiger partial charge is 0.378 e. The van der Waals surface area contributed by atoms with Gasteiger partial charge in [0.2, 0.25) is 0 Å².